The summed E-state index contributed by atoms with van der Waals surface area (Å²) in [5, 5.41) is 13.3. The van der Waals surface area contributed by atoms with Crippen LogP contribution < -0.4 is 14.9 Å². The molecule has 7 nitrogen and oxygen atoms in total. The highest BCUT2D eigenvalue weighted by molar-refractivity contribution is 9.10. The fraction of sp³-hybridized carbons (Fsp3) is 0.154. The Labute approximate surface area is 226 Å². The van der Waals surface area contributed by atoms with Crippen molar-refractivity contribution in [3.63, 3.8) is 0 Å². The second-order valence-electron chi connectivity index (χ2n) is 7.36. The molecule has 0 atom stereocenters. The number of rotatable bonds is 11. The second kappa shape index (κ2) is 13.2. The molecule has 0 saturated heterocycles. The maximum Gasteiger partial charge on any atom is 0.250 e. The van der Waals surface area contributed by atoms with Gasteiger partial charge in [-0.1, -0.05) is 83.8 Å². The third kappa shape index (κ3) is 7.39. The summed E-state index contributed by atoms with van der Waals surface area (Å²) >= 11 is 6.34. The zero-order chi connectivity index (χ0) is 25.2. The van der Waals surface area contributed by atoms with Gasteiger partial charge in [-0.25, -0.2) is 5.43 Å². The van der Waals surface area contributed by atoms with Crippen LogP contribution in [0, 0.1) is 0 Å². The summed E-state index contributed by atoms with van der Waals surface area (Å²) < 4.78 is 13.2. The average Bonchev–Trinajstić information content (AvgIpc) is 3.38. The Morgan fingerprint density at radius 1 is 1.08 bits per heavy atom. The lowest BCUT2D eigenvalue weighted by Crippen LogP contribution is -2.19. The van der Waals surface area contributed by atoms with Gasteiger partial charge in [0.15, 0.2) is 15.8 Å². The van der Waals surface area contributed by atoms with Gasteiger partial charge >= 0.3 is 0 Å². The molecule has 4 rings (SSSR count). The van der Waals surface area contributed by atoms with Gasteiger partial charge < -0.3 is 9.47 Å². The molecule has 10 heteroatoms. The summed E-state index contributed by atoms with van der Waals surface area (Å²) in [4.78, 5) is 12.3. The van der Waals surface area contributed by atoms with Crippen molar-refractivity contribution in [2.45, 2.75) is 17.9 Å². The molecule has 1 heterocycles. The molecule has 0 bridgehead atoms. The molecule has 36 heavy (non-hydrogen) atoms. The van der Waals surface area contributed by atoms with E-state index in [1.54, 1.807) is 6.21 Å². The van der Waals surface area contributed by atoms with Crippen LogP contribution in [0.5, 0.6) is 11.5 Å². The number of hydrogen-bond donors (Lipinski definition) is 1. The Morgan fingerprint density at radius 2 is 1.83 bits per heavy atom. The summed E-state index contributed by atoms with van der Waals surface area (Å²) in [6.07, 6.45) is 1.56. The highest BCUT2D eigenvalue weighted by Crippen LogP contribution is 2.37. The first-order valence-corrected chi connectivity index (χ1v) is 13.7. The number of aromatic nitrogens is 2. The number of carbonyl (C=O) groups is 1. The fourth-order valence-electron chi connectivity index (χ4n) is 3.10. The maximum atomic E-state index is 12.3. The number of amides is 1. The van der Waals surface area contributed by atoms with Gasteiger partial charge in [0.25, 0.3) is 5.91 Å². The number of nitrogens with zero attached hydrogens (tertiary/aromatic N) is 3. The molecule has 0 fully saturated rings. The van der Waals surface area contributed by atoms with E-state index in [2.05, 4.69) is 36.7 Å². The number of hydrazone groups is 1. The van der Waals surface area contributed by atoms with E-state index in [1.807, 2.05) is 79.7 Å². The number of nitrogens with one attached hydrogen (secondary N) is 1. The van der Waals surface area contributed by atoms with Crippen molar-refractivity contribution in [3.8, 4) is 22.1 Å². The van der Waals surface area contributed by atoms with E-state index in [-0.39, 0.29) is 11.7 Å². The molecule has 0 aliphatic rings. The van der Waals surface area contributed by atoms with Crippen molar-refractivity contribution in [2.24, 2.45) is 5.10 Å². The van der Waals surface area contributed by atoms with Crippen molar-refractivity contribution in [3.05, 3.63) is 88.4 Å². The first kappa shape index (κ1) is 25.9. The van der Waals surface area contributed by atoms with Crippen LogP contribution in [0.15, 0.2) is 86.7 Å². The molecule has 0 aliphatic carbocycles. The van der Waals surface area contributed by atoms with Gasteiger partial charge in [-0.3, -0.25) is 4.79 Å². The Hall–Kier alpha value is -3.21. The minimum atomic E-state index is -0.236. The molecule has 0 spiro atoms. The van der Waals surface area contributed by atoms with Crippen LogP contribution in [0.25, 0.3) is 10.6 Å². The largest absolute Gasteiger partial charge is 0.490 e. The van der Waals surface area contributed by atoms with Gasteiger partial charge in [0, 0.05) is 5.56 Å². The van der Waals surface area contributed by atoms with E-state index in [9.17, 15) is 4.79 Å². The predicted octanol–water partition coefficient (Wildman–Crippen LogP) is 6.19. The van der Waals surface area contributed by atoms with Crippen molar-refractivity contribution in [2.75, 3.05) is 12.4 Å². The lowest BCUT2D eigenvalue weighted by molar-refractivity contribution is -0.118. The Kier molecular flexibility index (Phi) is 9.48. The summed E-state index contributed by atoms with van der Waals surface area (Å²) in [7, 11) is 0. The summed E-state index contributed by atoms with van der Waals surface area (Å²) in [5.74, 6) is 1.16. The van der Waals surface area contributed by atoms with Crippen LogP contribution in [-0.2, 0) is 11.4 Å². The van der Waals surface area contributed by atoms with E-state index >= 15 is 0 Å². The molecule has 1 N–H and O–H groups in total. The quantitative estimate of drug-likeness (QED) is 0.129. The highest BCUT2D eigenvalue weighted by atomic mass is 79.9. The van der Waals surface area contributed by atoms with Crippen LogP contribution in [-0.4, -0.2) is 34.7 Å². The minimum Gasteiger partial charge on any atom is -0.490 e. The van der Waals surface area contributed by atoms with E-state index in [0.29, 0.717) is 24.7 Å². The number of carbonyl (C=O) groups excluding carboxylic acids is 1. The SMILES string of the molecule is CCOc1cc(C=NNC(=O)CSc2nnc(-c3ccccc3)s2)cc(Br)c1OCc1ccccc1. The van der Waals surface area contributed by atoms with Gasteiger partial charge in [-0.05, 0) is 46.1 Å². The van der Waals surface area contributed by atoms with Crippen LogP contribution in [0.1, 0.15) is 18.1 Å². The average molecular weight is 584 g/mol. The van der Waals surface area contributed by atoms with Crippen LogP contribution >= 0.6 is 39.0 Å². The van der Waals surface area contributed by atoms with Gasteiger partial charge in [-0.15, -0.1) is 10.2 Å². The molecule has 0 radical (unpaired) electrons. The Balaban J connectivity index is 1.32. The first-order valence-electron chi connectivity index (χ1n) is 11.1. The zero-order valence-corrected chi connectivity index (χ0v) is 22.6. The number of ether oxygens (including phenoxy) is 2. The Morgan fingerprint density at radius 3 is 2.58 bits per heavy atom. The van der Waals surface area contributed by atoms with E-state index < -0.39 is 0 Å². The molecular weight excluding hydrogens is 560 g/mol. The molecule has 3 aromatic carbocycles. The lowest BCUT2D eigenvalue weighted by atomic mass is 10.2. The monoisotopic (exact) mass is 582 g/mol. The van der Waals surface area contributed by atoms with Crippen molar-refractivity contribution >= 4 is 51.2 Å². The predicted molar refractivity (Wildman–Crippen MR) is 148 cm³/mol. The molecule has 0 unspecified atom stereocenters. The van der Waals surface area contributed by atoms with E-state index in [1.165, 1.54) is 23.1 Å². The maximum absolute atomic E-state index is 12.3. The molecule has 1 amide bonds. The topological polar surface area (TPSA) is 85.7 Å². The third-order valence-corrected chi connectivity index (χ3v) is 7.41. The minimum absolute atomic E-state index is 0.181. The van der Waals surface area contributed by atoms with Crippen molar-refractivity contribution in [1.82, 2.24) is 15.6 Å². The number of hydrogen-bond acceptors (Lipinski definition) is 8. The Bertz CT molecular complexity index is 1320. The number of benzene rings is 3. The molecular formula is C26H23BrN4O3S2. The van der Waals surface area contributed by atoms with E-state index in [4.69, 9.17) is 9.47 Å². The highest BCUT2D eigenvalue weighted by Gasteiger charge is 2.13. The molecule has 184 valence electrons. The summed E-state index contributed by atoms with van der Waals surface area (Å²) in [5.41, 5.74) is 5.37. The smallest absolute Gasteiger partial charge is 0.250 e. The molecule has 4 aromatic rings. The van der Waals surface area contributed by atoms with Crippen molar-refractivity contribution < 1.29 is 14.3 Å². The molecule has 1 aromatic heterocycles. The van der Waals surface area contributed by atoms with Crippen LogP contribution in [0.2, 0.25) is 0 Å². The second-order valence-corrected chi connectivity index (χ2v) is 10.4. The number of halogens is 1. The normalized spacial score (nSPS) is 10.9. The third-order valence-electron chi connectivity index (χ3n) is 4.71. The van der Waals surface area contributed by atoms with Gasteiger partial charge in [0.2, 0.25) is 0 Å². The van der Waals surface area contributed by atoms with E-state index in [0.717, 1.165) is 30.5 Å². The number of thioether (sulfide) groups is 1. The van der Waals surface area contributed by atoms with Gasteiger partial charge in [0.1, 0.15) is 11.6 Å². The zero-order valence-electron chi connectivity index (χ0n) is 19.4. The van der Waals surface area contributed by atoms with Crippen LogP contribution in [0.4, 0.5) is 0 Å². The summed E-state index contributed by atoms with van der Waals surface area (Å²) in [6.45, 7) is 2.82. The van der Waals surface area contributed by atoms with Crippen molar-refractivity contribution in [1.29, 1.82) is 0 Å². The first-order chi connectivity index (χ1) is 17.6. The standard InChI is InChI=1S/C26H23BrN4O3S2/c1-2-33-22-14-19(13-21(27)24(22)34-16-18-9-5-3-6-10-18)15-28-29-23(32)17-35-26-31-30-25(36-26)20-11-7-4-8-12-20/h3-15H,2,16-17H2,1H3,(H,29,32). The fourth-order valence-corrected chi connectivity index (χ4v) is 5.32. The van der Waals surface area contributed by atoms with Gasteiger partial charge in [-0.2, -0.15) is 5.10 Å². The molecule has 0 saturated carbocycles. The van der Waals surface area contributed by atoms with Gasteiger partial charge in [0.05, 0.1) is 23.0 Å². The lowest BCUT2D eigenvalue weighted by Gasteiger charge is -2.14. The van der Waals surface area contributed by atoms with Crippen LogP contribution in [0.3, 0.4) is 0 Å². The summed E-state index contributed by atoms with van der Waals surface area (Å²) in [6, 6.07) is 23.4. The molecule has 0 aliphatic heterocycles.